The zero-order chi connectivity index (χ0) is 67.0. The van der Waals surface area contributed by atoms with Gasteiger partial charge in [-0.15, -0.1) is 0 Å². The van der Waals surface area contributed by atoms with Gasteiger partial charge >= 0.3 is 18.1 Å². The number of primary amides is 1. The van der Waals surface area contributed by atoms with Crippen molar-refractivity contribution in [1.29, 1.82) is 0 Å². The third-order valence-electron chi connectivity index (χ3n) is 16.3. The largest absolute Gasteiger partial charge is 0.465 e. The summed E-state index contributed by atoms with van der Waals surface area (Å²) in [6, 6.07) is 24.4. The summed E-state index contributed by atoms with van der Waals surface area (Å²) in [6.07, 6.45) is 6.33. The molecular formula is C68H89N11O15. The fourth-order valence-electron chi connectivity index (χ4n) is 11.8. The van der Waals surface area contributed by atoms with Gasteiger partial charge in [0.25, 0.3) is 5.56 Å². The number of amides is 8. The van der Waals surface area contributed by atoms with Crippen LogP contribution in [-0.4, -0.2) is 195 Å². The number of urea groups is 1. The highest BCUT2D eigenvalue weighted by Crippen LogP contribution is 2.33. The van der Waals surface area contributed by atoms with E-state index in [4.69, 9.17) is 34.2 Å². The Hall–Kier alpha value is -8.98. The van der Waals surface area contributed by atoms with Gasteiger partial charge in [0.2, 0.25) is 29.5 Å². The van der Waals surface area contributed by atoms with Gasteiger partial charge in [0.15, 0.2) is 0 Å². The van der Waals surface area contributed by atoms with E-state index in [9.17, 15) is 43.2 Å². The molecule has 26 heteroatoms. The number of anilines is 2. The van der Waals surface area contributed by atoms with E-state index in [1.54, 1.807) is 38.7 Å². The van der Waals surface area contributed by atoms with E-state index in [0.29, 0.717) is 31.5 Å². The standard InChI is InChI=1S/C68H89N11O15/c1-5-93-60(82)46-77-44-52(23-27-59(77)81)78(64(85)50-20-14-30-75(43-50)57-42-70-41-49-19-12-13-21-53(49)57)32-34-90-36-38-92-40-39-91-37-35-89-33-29-71-66(87)76-31-28-51-22-25-56(79(51)65(86)55(45-76)73-67(88)94-68(2,3)4)63(84)72-54(24-26-58(69)80)62(83)74-61(47-15-8-6-9-16-47)48-17-10-7-11-18-48/h6-13,15-19,21,23,27,41-42,44,50-51,54-56,61H,5,14,20,22,24-26,28-40,43,45-46H2,1-4H3,(H2,69,80)(H,71,87)(H,72,84)(H,73,88)(H,74,83)/t50-,51+,54-,55-,56-/m0/s1. The van der Waals surface area contributed by atoms with Crippen molar-refractivity contribution in [3.05, 3.63) is 137 Å². The number of aromatic nitrogens is 2. The van der Waals surface area contributed by atoms with Crippen LogP contribution in [0.1, 0.15) is 89.8 Å². The molecule has 0 spiro atoms. The van der Waals surface area contributed by atoms with Crippen molar-refractivity contribution in [2.75, 3.05) is 109 Å². The Morgan fingerprint density at radius 3 is 2.06 bits per heavy atom. The molecule has 6 N–H and O–H groups in total. The fraction of sp³-hybridized carbons (Fsp3) is 0.500. The molecule has 2 aromatic heterocycles. The van der Waals surface area contributed by atoms with Crippen LogP contribution in [0.4, 0.5) is 21.0 Å². The van der Waals surface area contributed by atoms with Crippen LogP contribution < -0.4 is 42.4 Å². The summed E-state index contributed by atoms with van der Waals surface area (Å²) in [7, 11) is 0. The molecule has 3 aliphatic rings. The predicted octanol–water partition coefficient (Wildman–Crippen LogP) is 4.60. The van der Waals surface area contributed by atoms with Crippen LogP contribution in [-0.2, 0) is 63.7 Å². The third kappa shape index (κ3) is 20.8. The average Bonchev–Trinajstić information content (AvgIpc) is 1.21. The number of nitrogens with one attached hydrogen (secondary N) is 4. The van der Waals surface area contributed by atoms with E-state index in [2.05, 4.69) is 37.2 Å². The maximum Gasteiger partial charge on any atom is 0.408 e. The quantitative estimate of drug-likeness (QED) is 0.0299. The Morgan fingerprint density at radius 2 is 1.39 bits per heavy atom. The van der Waals surface area contributed by atoms with Crippen LogP contribution in [0.25, 0.3) is 10.8 Å². The highest BCUT2D eigenvalue weighted by atomic mass is 16.6. The second kappa shape index (κ2) is 35.3. The van der Waals surface area contributed by atoms with Gasteiger partial charge in [-0.3, -0.25) is 38.5 Å². The van der Waals surface area contributed by atoms with Gasteiger partial charge in [-0.2, -0.15) is 0 Å². The summed E-state index contributed by atoms with van der Waals surface area (Å²) in [5.41, 5.74) is 7.20. The Kier molecular flexibility index (Phi) is 26.6. The van der Waals surface area contributed by atoms with Crippen LogP contribution in [0, 0.1) is 5.92 Å². The second-order valence-electron chi connectivity index (χ2n) is 24.2. The highest BCUT2D eigenvalue weighted by Gasteiger charge is 2.46. The number of carbonyl (C=O) groups excluding carboxylic acids is 8. The zero-order valence-electron chi connectivity index (χ0n) is 54.1. The van der Waals surface area contributed by atoms with E-state index in [-0.39, 0.29) is 123 Å². The Morgan fingerprint density at radius 1 is 0.734 bits per heavy atom. The lowest BCUT2D eigenvalue weighted by atomic mass is 9.95. The summed E-state index contributed by atoms with van der Waals surface area (Å²) >= 11 is 0. The summed E-state index contributed by atoms with van der Waals surface area (Å²) in [6.45, 7) is 9.81. The van der Waals surface area contributed by atoms with Gasteiger partial charge in [-0.25, -0.2) is 9.59 Å². The van der Waals surface area contributed by atoms with Crippen molar-refractivity contribution < 1.29 is 66.8 Å². The molecule has 3 saturated heterocycles. The number of esters is 1. The number of fused-ring (bicyclic) bond motifs is 2. The van der Waals surface area contributed by atoms with Crippen LogP contribution >= 0.6 is 0 Å². The number of piperidine rings is 1. The SMILES string of the molecule is CCOC(=O)Cn1cc(N(CCOCCOCCOCCOCCNC(=O)N2CC[C@H]3CC[C@@H](C(=O)N[C@@H](CCC(N)=O)C(=O)NC(c4ccccc4)c4ccccc4)N3C(=O)[C@@H](NC(=O)OC(C)(C)C)C2)C(=O)[C@H]2CCCN(c3cncc4ccccc34)C2)ccc1=O. The molecular weight excluding hydrogens is 1210 g/mol. The first-order valence-electron chi connectivity index (χ1n) is 32.3. The first kappa shape index (κ1) is 70.9. The molecule has 26 nitrogen and oxygen atoms in total. The topological polar surface area (TPSA) is 314 Å². The number of nitrogens with zero attached hydrogens (tertiary/aromatic N) is 6. The summed E-state index contributed by atoms with van der Waals surface area (Å²) in [5.74, 6) is -3.52. The van der Waals surface area contributed by atoms with Crippen LogP contribution in [0.15, 0.2) is 120 Å². The molecule has 0 saturated carbocycles. The number of pyridine rings is 2. The van der Waals surface area contributed by atoms with Crippen molar-refractivity contribution in [2.24, 2.45) is 11.7 Å². The summed E-state index contributed by atoms with van der Waals surface area (Å²) in [4.78, 5) is 133. The van der Waals surface area contributed by atoms with E-state index in [1.165, 1.54) is 26.6 Å². The summed E-state index contributed by atoms with van der Waals surface area (Å²) in [5, 5.41) is 13.4. The monoisotopic (exact) mass is 1300 g/mol. The van der Waals surface area contributed by atoms with Crippen molar-refractivity contribution in [2.45, 2.75) is 115 Å². The van der Waals surface area contributed by atoms with Crippen molar-refractivity contribution >= 4 is 69.8 Å². The smallest absolute Gasteiger partial charge is 0.408 e. The lowest BCUT2D eigenvalue weighted by Gasteiger charge is -2.39. The van der Waals surface area contributed by atoms with Crippen LogP contribution in [0.5, 0.6) is 0 Å². The first-order chi connectivity index (χ1) is 45.4. The average molecular weight is 1300 g/mol. The number of alkyl carbamates (subject to hydrolysis) is 1. The lowest BCUT2D eigenvalue weighted by Crippen LogP contribution is -2.62. The minimum atomic E-state index is -1.32. The molecule has 0 bridgehead atoms. The molecule has 0 unspecified atom stereocenters. The van der Waals surface area contributed by atoms with Gasteiger partial charge in [0.05, 0.1) is 95.5 Å². The van der Waals surface area contributed by atoms with Gasteiger partial charge < -0.3 is 79.6 Å². The van der Waals surface area contributed by atoms with Crippen LogP contribution in [0.2, 0.25) is 0 Å². The molecule has 0 radical (unpaired) electrons. The molecule has 5 atom stereocenters. The number of carbonyl (C=O) groups is 8. The molecule has 5 heterocycles. The van der Waals surface area contributed by atoms with E-state index >= 15 is 0 Å². The minimum Gasteiger partial charge on any atom is -0.465 e. The van der Waals surface area contributed by atoms with Crippen molar-refractivity contribution in [1.82, 2.24) is 40.6 Å². The number of rotatable bonds is 31. The molecule has 3 aromatic carbocycles. The molecule has 506 valence electrons. The molecule has 94 heavy (non-hydrogen) atoms. The fourth-order valence-corrected chi connectivity index (χ4v) is 11.8. The van der Waals surface area contributed by atoms with Gasteiger partial charge in [0, 0.05) is 74.4 Å². The van der Waals surface area contributed by atoms with Crippen molar-refractivity contribution in [3.63, 3.8) is 0 Å². The van der Waals surface area contributed by atoms with Gasteiger partial charge in [-0.05, 0) is 83.4 Å². The molecule has 8 rings (SSSR count). The Balaban J connectivity index is 0.763. The zero-order valence-corrected chi connectivity index (χ0v) is 54.1. The second-order valence-corrected chi connectivity index (χ2v) is 24.2. The maximum absolute atomic E-state index is 14.7. The predicted molar refractivity (Wildman–Crippen MR) is 349 cm³/mol. The molecule has 3 aliphatic heterocycles. The number of ether oxygens (including phenoxy) is 6. The highest BCUT2D eigenvalue weighted by molar-refractivity contribution is 5.98. The van der Waals surface area contributed by atoms with Crippen LogP contribution in [0.3, 0.4) is 0 Å². The van der Waals surface area contributed by atoms with E-state index in [1.807, 2.05) is 91.3 Å². The number of nitrogens with two attached hydrogens (primary N) is 1. The molecule has 3 fully saturated rings. The molecule has 0 aliphatic carbocycles. The minimum absolute atomic E-state index is 0.106. The third-order valence-corrected chi connectivity index (χ3v) is 16.3. The van der Waals surface area contributed by atoms with E-state index in [0.717, 1.165) is 40.6 Å². The first-order valence-corrected chi connectivity index (χ1v) is 32.3. The molecule has 5 aromatic rings. The van der Waals surface area contributed by atoms with Gasteiger partial charge in [-0.1, -0.05) is 84.9 Å². The number of benzene rings is 3. The normalized spacial score (nSPS) is 17.7. The van der Waals surface area contributed by atoms with Gasteiger partial charge in [0.1, 0.15) is 30.3 Å². The maximum atomic E-state index is 14.7. The molecule has 8 amide bonds. The number of hydrogen-bond donors (Lipinski definition) is 5. The Labute approximate surface area is 547 Å². The van der Waals surface area contributed by atoms with E-state index < -0.39 is 83.1 Å². The number of hydrogen-bond acceptors (Lipinski definition) is 17. The Bertz CT molecular complexity index is 3360. The summed E-state index contributed by atoms with van der Waals surface area (Å²) < 4.78 is 34.9. The van der Waals surface area contributed by atoms with Crippen molar-refractivity contribution in [3.8, 4) is 0 Å². The lowest BCUT2D eigenvalue weighted by molar-refractivity contribution is -0.144.